The second-order valence-electron chi connectivity index (χ2n) is 12.4. The monoisotopic (exact) mass is 510 g/mol. The van der Waals surface area contributed by atoms with Crippen molar-refractivity contribution in [2.45, 2.75) is 84.4 Å². The molecule has 36 heavy (non-hydrogen) atoms. The van der Waals surface area contributed by atoms with Crippen molar-refractivity contribution in [3.05, 3.63) is 53.6 Å². The third-order valence-corrected chi connectivity index (χ3v) is 12.5. The summed E-state index contributed by atoms with van der Waals surface area (Å²) in [6, 6.07) is 13.4. The number of amides is 1. The molecule has 1 heterocycles. The van der Waals surface area contributed by atoms with Crippen molar-refractivity contribution >= 4 is 38.2 Å². The molecule has 1 amide bonds. The number of nitrogens with zero attached hydrogens (tertiary/aromatic N) is 1. The normalized spacial score (nSPS) is 17.2. The molecular formula is C28H43BN2O4Si. The van der Waals surface area contributed by atoms with Crippen LogP contribution >= 0.6 is 0 Å². The summed E-state index contributed by atoms with van der Waals surface area (Å²) in [6.45, 7) is 19.7. The lowest BCUT2D eigenvalue weighted by molar-refractivity contribution is 0.00578. The lowest BCUT2D eigenvalue weighted by Crippen LogP contribution is -2.42. The van der Waals surface area contributed by atoms with Crippen molar-refractivity contribution in [2.75, 3.05) is 24.3 Å². The van der Waals surface area contributed by atoms with Crippen molar-refractivity contribution in [3.8, 4) is 0 Å². The number of benzene rings is 2. The Hall–Kier alpha value is -2.13. The molecule has 1 N–H and O–H groups in total. The molecule has 196 valence electrons. The summed E-state index contributed by atoms with van der Waals surface area (Å²) in [5, 5.41) is 3.19. The molecule has 6 nitrogen and oxygen atoms in total. The van der Waals surface area contributed by atoms with E-state index in [4.69, 9.17) is 13.7 Å². The van der Waals surface area contributed by atoms with E-state index >= 15 is 0 Å². The largest absolute Gasteiger partial charge is 0.495 e. The predicted molar refractivity (Wildman–Crippen MR) is 153 cm³/mol. The Balaban J connectivity index is 1.97. The van der Waals surface area contributed by atoms with Crippen LogP contribution in [0.5, 0.6) is 0 Å². The van der Waals surface area contributed by atoms with Crippen LogP contribution in [0, 0.1) is 0 Å². The predicted octanol–water partition coefficient (Wildman–Crippen LogP) is 5.83. The van der Waals surface area contributed by atoms with Gasteiger partial charge in [-0.25, -0.2) is 0 Å². The van der Waals surface area contributed by atoms with Crippen LogP contribution in [-0.4, -0.2) is 46.6 Å². The molecule has 2 aromatic rings. The first-order valence-electron chi connectivity index (χ1n) is 12.7. The van der Waals surface area contributed by atoms with Gasteiger partial charge in [0.05, 0.1) is 17.8 Å². The van der Waals surface area contributed by atoms with Crippen LogP contribution in [0.4, 0.5) is 11.4 Å². The van der Waals surface area contributed by atoms with Gasteiger partial charge in [-0.3, -0.25) is 4.79 Å². The Kier molecular flexibility index (Phi) is 7.88. The van der Waals surface area contributed by atoms with Gasteiger partial charge in [-0.05, 0) is 87.2 Å². The van der Waals surface area contributed by atoms with E-state index in [-0.39, 0.29) is 10.9 Å². The number of anilines is 2. The minimum atomic E-state index is -2.05. The number of hydrogen-bond acceptors (Lipinski definition) is 5. The molecule has 0 unspecified atom stereocenters. The molecule has 8 heteroatoms. The highest BCUT2D eigenvalue weighted by molar-refractivity contribution is 6.74. The second kappa shape index (κ2) is 9.97. The van der Waals surface area contributed by atoms with Crippen molar-refractivity contribution < 1.29 is 18.5 Å². The van der Waals surface area contributed by atoms with Gasteiger partial charge in [0.2, 0.25) is 0 Å². The SMILES string of the molecule is CN(C)c1ccc(C(=O)Nc2cccc(B3OC(C)(C)C(C)(C)O3)c2CO[Si](C)(C)C(C)(C)C)cc1. The lowest BCUT2D eigenvalue weighted by Gasteiger charge is -2.36. The number of rotatable bonds is 7. The fourth-order valence-electron chi connectivity index (χ4n) is 3.65. The molecule has 0 saturated carbocycles. The molecule has 3 rings (SSSR count). The quantitative estimate of drug-likeness (QED) is 0.476. The summed E-state index contributed by atoms with van der Waals surface area (Å²) in [5.74, 6) is -0.167. The van der Waals surface area contributed by atoms with Crippen molar-refractivity contribution in [2.24, 2.45) is 0 Å². The van der Waals surface area contributed by atoms with Gasteiger partial charge in [-0.2, -0.15) is 0 Å². The maximum absolute atomic E-state index is 13.2. The van der Waals surface area contributed by atoms with Gasteiger partial charge in [0.25, 0.3) is 5.91 Å². The van der Waals surface area contributed by atoms with Crippen molar-refractivity contribution in [3.63, 3.8) is 0 Å². The Labute approximate surface area is 219 Å². The molecule has 1 saturated heterocycles. The fraction of sp³-hybridized carbons (Fsp3) is 0.536. The summed E-state index contributed by atoms with van der Waals surface area (Å²) in [6.07, 6.45) is 0. The van der Waals surface area contributed by atoms with Gasteiger partial charge in [0.15, 0.2) is 8.32 Å². The van der Waals surface area contributed by atoms with Crippen LogP contribution in [0.25, 0.3) is 0 Å². The molecule has 0 spiro atoms. The Morgan fingerprint density at radius 1 is 1.00 bits per heavy atom. The van der Waals surface area contributed by atoms with E-state index in [0.29, 0.717) is 17.9 Å². The highest BCUT2D eigenvalue weighted by Crippen LogP contribution is 2.39. The summed E-state index contributed by atoms with van der Waals surface area (Å²) in [4.78, 5) is 15.2. The summed E-state index contributed by atoms with van der Waals surface area (Å²) in [7, 11) is 1.35. The fourth-order valence-corrected chi connectivity index (χ4v) is 4.59. The Bertz CT molecular complexity index is 1080. The summed E-state index contributed by atoms with van der Waals surface area (Å²) in [5.41, 5.74) is 3.18. The molecule has 0 aliphatic carbocycles. The zero-order valence-corrected chi connectivity index (χ0v) is 24.9. The van der Waals surface area contributed by atoms with E-state index in [0.717, 1.165) is 16.7 Å². The zero-order valence-electron chi connectivity index (χ0n) is 23.9. The Morgan fingerprint density at radius 2 is 1.56 bits per heavy atom. The van der Waals surface area contributed by atoms with E-state index in [1.165, 1.54) is 0 Å². The second-order valence-corrected chi connectivity index (χ2v) is 17.2. The van der Waals surface area contributed by atoms with E-state index in [2.05, 4.69) is 39.2 Å². The van der Waals surface area contributed by atoms with Crippen LogP contribution < -0.4 is 15.7 Å². The minimum absolute atomic E-state index is 0.0594. The first-order valence-corrected chi connectivity index (χ1v) is 15.6. The standard InChI is InChI=1S/C28H43BN2O4Si/c1-26(2,3)36(10,11)33-19-22-23(29-34-27(4,5)28(6,7)35-29)13-12-14-24(22)30-25(32)20-15-17-21(18-16-20)31(8)9/h12-18H,19H2,1-11H3,(H,30,32). The maximum Gasteiger partial charge on any atom is 0.495 e. The average Bonchev–Trinajstić information content (AvgIpc) is 2.98. The van der Waals surface area contributed by atoms with Gasteiger partial charge in [0.1, 0.15) is 0 Å². The first-order chi connectivity index (χ1) is 16.5. The van der Waals surface area contributed by atoms with Gasteiger partial charge >= 0.3 is 7.12 Å². The number of nitrogens with one attached hydrogen (secondary N) is 1. The molecule has 2 aromatic carbocycles. The van der Waals surface area contributed by atoms with Crippen LogP contribution in [0.15, 0.2) is 42.5 Å². The highest BCUT2D eigenvalue weighted by atomic mass is 28.4. The van der Waals surface area contributed by atoms with Crippen LogP contribution in [0.2, 0.25) is 18.1 Å². The van der Waals surface area contributed by atoms with E-state index in [9.17, 15) is 4.79 Å². The molecular weight excluding hydrogens is 467 g/mol. The van der Waals surface area contributed by atoms with Gasteiger partial charge in [-0.1, -0.05) is 32.9 Å². The van der Waals surface area contributed by atoms with Crippen LogP contribution in [0.1, 0.15) is 64.4 Å². The van der Waals surface area contributed by atoms with Crippen LogP contribution in [0.3, 0.4) is 0 Å². The summed E-state index contributed by atoms with van der Waals surface area (Å²) >= 11 is 0. The minimum Gasteiger partial charge on any atom is -0.412 e. The zero-order chi connectivity index (χ0) is 27.1. The molecule has 0 aromatic heterocycles. The van der Waals surface area contributed by atoms with Gasteiger partial charge < -0.3 is 24.0 Å². The number of hydrogen-bond donors (Lipinski definition) is 1. The number of carbonyl (C=O) groups is 1. The maximum atomic E-state index is 13.2. The summed E-state index contributed by atoms with van der Waals surface area (Å²) < 4.78 is 19.4. The average molecular weight is 511 g/mol. The molecule has 1 fully saturated rings. The first kappa shape index (κ1) is 28.4. The molecule has 1 aliphatic rings. The van der Waals surface area contributed by atoms with E-state index in [1.54, 1.807) is 0 Å². The van der Waals surface area contributed by atoms with E-state index < -0.39 is 26.6 Å². The molecule has 0 radical (unpaired) electrons. The third kappa shape index (κ3) is 5.88. The van der Waals surface area contributed by atoms with Crippen molar-refractivity contribution in [1.29, 1.82) is 0 Å². The molecule has 0 atom stereocenters. The highest BCUT2D eigenvalue weighted by Gasteiger charge is 2.52. The van der Waals surface area contributed by atoms with E-state index in [1.807, 2.05) is 89.2 Å². The van der Waals surface area contributed by atoms with Crippen LogP contribution in [-0.2, 0) is 20.3 Å². The van der Waals surface area contributed by atoms with Crippen molar-refractivity contribution in [1.82, 2.24) is 0 Å². The molecule has 1 aliphatic heterocycles. The third-order valence-electron chi connectivity index (χ3n) is 8.00. The number of carbonyl (C=O) groups excluding carboxylic acids is 1. The topological polar surface area (TPSA) is 60.0 Å². The van der Waals surface area contributed by atoms with Gasteiger partial charge in [0, 0.05) is 31.0 Å². The Morgan fingerprint density at radius 3 is 2.06 bits per heavy atom. The van der Waals surface area contributed by atoms with Gasteiger partial charge in [-0.15, -0.1) is 0 Å². The lowest BCUT2D eigenvalue weighted by atomic mass is 9.75. The smallest absolute Gasteiger partial charge is 0.412 e. The molecule has 0 bridgehead atoms.